The SMILES string of the molecule is Cn1cc(-c2ccc(C(=O)N(c3nccc4sc(Cc5cccnc5)cc34)[C@@H]3CCCNC3)c(F)c2)nn1. The lowest BCUT2D eigenvalue weighted by Gasteiger charge is -2.34. The Balaban J connectivity index is 1.39. The first kappa shape index (κ1) is 24.3. The number of anilines is 1. The minimum absolute atomic E-state index is 0.00725. The van der Waals surface area contributed by atoms with E-state index in [9.17, 15) is 4.79 Å². The molecule has 5 aromatic rings. The van der Waals surface area contributed by atoms with Crippen molar-refractivity contribution in [2.75, 3.05) is 18.0 Å². The molecule has 1 N–H and O–H groups in total. The summed E-state index contributed by atoms with van der Waals surface area (Å²) in [5.74, 6) is -0.434. The highest BCUT2D eigenvalue weighted by Gasteiger charge is 2.32. The number of nitrogens with zero attached hydrogens (tertiary/aromatic N) is 6. The molecule has 1 fully saturated rings. The molecule has 10 heteroatoms. The number of pyridine rings is 2. The summed E-state index contributed by atoms with van der Waals surface area (Å²) in [5, 5.41) is 12.3. The number of fused-ring (bicyclic) bond motifs is 1. The standard InChI is InChI=1S/C28H26FN7OS/c1-35-17-25(33-34-35)19-6-7-22(24(29)13-19)28(37)36(20-5-3-10-31-16-20)27-23-14-21(38-26(23)8-11-32-27)12-18-4-2-9-30-15-18/h2,4,6-9,11,13-15,17,20,31H,3,5,10,12,16H2,1H3/t20-/m1/s1. The second-order valence-corrected chi connectivity index (χ2v) is 10.6. The van der Waals surface area contributed by atoms with Crippen molar-refractivity contribution in [1.82, 2.24) is 30.3 Å². The maximum absolute atomic E-state index is 15.5. The number of aromatic nitrogens is 5. The first-order chi connectivity index (χ1) is 18.6. The van der Waals surface area contributed by atoms with Gasteiger partial charge in [0.25, 0.3) is 5.91 Å². The molecule has 0 saturated carbocycles. The largest absolute Gasteiger partial charge is 0.315 e. The van der Waals surface area contributed by atoms with E-state index >= 15 is 4.39 Å². The summed E-state index contributed by atoms with van der Waals surface area (Å²) >= 11 is 1.67. The maximum Gasteiger partial charge on any atom is 0.262 e. The monoisotopic (exact) mass is 527 g/mol. The number of carbonyl (C=O) groups excluding carboxylic acids is 1. The van der Waals surface area contributed by atoms with Gasteiger partial charge in [0.2, 0.25) is 0 Å². The number of rotatable bonds is 6. The average molecular weight is 528 g/mol. The van der Waals surface area contributed by atoms with Crippen LogP contribution in [-0.2, 0) is 13.5 Å². The fourth-order valence-corrected chi connectivity index (χ4v) is 6.02. The summed E-state index contributed by atoms with van der Waals surface area (Å²) in [6.45, 7) is 1.51. The van der Waals surface area contributed by atoms with E-state index in [-0.39, 0.29) is 11.6 Å². The van der Waals surface area contributed by atoms with Crippen LogP contribution >= 0.6 is 11.3 Å². The van der Waals surface area contributed by atoms with Gasteiger partial charge in [0.05, 0.1) is 17.8 Å². The van der Waals surface area contributed by atoms with Crippen molar-refractivity contribution in [2.45, 2.75) is 25.3 Å². The molecule has 0 unspecified atom stereocenters. The van der Waals surface area contributed by atoms with Crippen LogP contribution in [0.2, 0.25) is 0 Å². The van der Waals surface area contributed by atoms with E-state index in [2.05, 4.69) is 31.7 Å². The van der Waals surface area contributed by atoms with Gasteiger partial charge in [-0.1, -0.05) is 17.3 Å². The minimum Gasteiger partial charge on any atom is -0.315 e. The fourth-order valence-electron chi connectivity index (χ4n) is 4.93. The molecular formula is C28H26FN7OS. The van der Waals surface area contributed by atoms with Gasteiger partial charge < -0.3 is 5.32 Å². The quantitative estimate of drug-likeness (QED) is 0.347. The molecule has 1 aliphatic rings. The first-order valence-corrected chi connectivity index (χ1v) is 13.4. The highest BCUT2D eigenvalue weighted by Crippen LogP contribution is 2.35. The van der Waals surface area contributed by atoms with Crippen LogP contribution in [0.4, 0.5) is 10.2 Å². The van der Waals surface area contributed by atoms with E-state index < -0.39 is 11.7 Å². The second-order valence-electron chi connectivity index (χ2n) is 9.44. The third-order valence-corrected chi connectivity index (χ3v) is 7.86. The predicted octanol–water partition coefficient (Wildman–Crippen LogP) is 4.62. The van der Waals surface area contributed by atoms with Gasteiger partial charge in [0.15, 0.2) is 0 Å². The Morgan fingerprint density at radius 1 is 1.24 bits per heavy atom. The zero-order valence-corrected chi connectivity index (χ0v) is 21.7. The van der Waals surface area contributed by atoms with Crippen molar-refractivity contribution in [2.24, 2.45) is 7.05 Å². The average Bonchev–Trinajstić information content (AvgIpc) is 3.56. The van der Waals surface area contributed by atoms with Crippen LogP contribution in [0.5, 0.6) is 0 Å². The number of amides is 1. The Labute approximate surface area is 223 Å². The number of thiophene rings is 1. The molecule has 0 radical (unpaired) electrons. The lowest BCUT2D eigenvalue weighted by atomic mass is 10.0. The van der Waals surface area contributed by atoms with Crippen LogP contribution in [0.15, 0.2) is 67.3 Å². The molecule has 0 bridgehead atoms. The summed E-state index contributed by atoms with van der Waals surface area (Å²) in [7, 11) is 1.75. The van der Waals surface area contributed by atoms with Crippen molar-refractivity contribution in [1.29, 1.82) is 0 Å². The molecule has 192 valence electrons. The molecule has 38 heavy (non-hydrogen) atoms. The lowest BCUT2D eigenvalue weighted by molar-refractivity contribution is 0.0968. The zero-order chi connectivity index (χ0) is 26.1. The molecule has 4 aromatic heterocycles. The first-order valence-electron chi connectivity index (χ1n) is 12.5. The smallest absolute Gasteiger partial charge is 0.262 e. The summed E-state index contributed by atoms with van der Waals surface area (Å²) < 4.78 is 18.0. The van der Waals surface area contributed by atoms with Crippen molar-refractivity contribution in [3.8, 4) is 11.3 Å². The Bertz CT molecular complexity index is 1590. The third kappa shape index (κ3) is 4.80. The lowest BCUT2D eigenvalue weighted by Crippen LogP contribution is -2.49. The molecular weight excluding hydrogens is 501 g/mol. The molecule has 1 amide bonds. The number of hydrogen-bond acceptors (Lipinski definition) is 7. The summed E-state index contributed by atoms with van der Waals surface area (Å²) in [4.78, 5) is 25.8. The van der Waals surface area contributed by atoms with Gasteiger partial charge in [-0.15, -0.1) is 16.4 Å². The Hall–Kier alpha value is -4.02. The Morgan fingerprint density at radius 2 is 2.16 bits per heavy atom. The van der Waals surface area contributed by atoms with Gasteiger partial charge in [-0.3, -0.25) is 19.4 Å². The van der Waals surface area contributed by atoms with E-state index in [0.29, 0.717) is 23.6 Å². The van der Waals surface area contributed by atoms with Crippen LogP contribution in [-0.4, -0.2) is 50.0 Å². The second kappa shape index (κ2) is 10.4. The molecule has 6 rings (SSSR count). The number of aryl methyl sites for hydroxylation is 1. The number of nitrogens with one attached hydrogen (secondary N) is 1. The van der Waals surface area contributed by atoms with Gasteiger partial charge in [-0.05, 0) is 55.3 Å². The molecule has 0 spiro atoms. The van der Waals surface area contributed by atoms with E-state index in [0.717, 1.165) is 46.3 Å². The highest BCUT2D eigenvalue weighted by atomic mass is 32.1. The number of halogens is 1. The fraction of sp³-hybridized carbons (Fsp3) is 0.250. The van der Waals surface area contributed by atoms with E-state index in [4.69, 9.17) is 0 Å². The van der Waals surface area contributed by atoms with Crippen molar-refractivity contribution >= 4 is 33.1 Å². The normalized spacial score (nSPS) is 15.6. The molecule has 5 heterocycles. The van der Waals surface area contributed by atoms with E-state index in [1.807, 2.05) is 24.4 Å². The van der Waals surface area contributed by atoms with E-state index in [1.54, 1.807) is 52.6 Å². The van der Waals surface area contributed by atoms with Crippen molar-refractivity contribution in [3.63, 3.8) is 0 Å². The van der Waals surface area contributed by atoms with Gasteiger partial charge >= 0.3 is 0 Å². The van der Waals surface area contributed by atoms with Gasteiger partial charge in [-0.25, -0.2) is 9.37 Å². The third-order valence-electron chi connectivity index (χ3n) is 6.76. The number of benzene rings is 1. The molecule has 8 nitrogen and oxygen atoms in total. The highest BCUT2D eigenvalue weighted by molar-refractivity contribution is 7.19. The van der Waals surface area contributed by atoms with Gasteiger partial charge in [0, 0.05) is 59.1 Å². The van der Waals surface area contributed by atoms with Gasteiger partial charge in [0.1, 0.15) is 17.3 Å². The van der Waals surface area contributed by atoms with Crippen LogP contribution in [0.25, 0.3) is 21.3 Å². The topological polar surface area (TPSA) is 88.8 Å². The maximum atomic E-state index is 15.5. The summed E-state index contributed by atoms with van der Waals surface area (Å²) in [6.07, 6.45) is 9.53. The van der Waals surface area contributed by atoms with Gasteiger partial charge in [-0.2, -0.15) is 0 Å². The molecule has 1 aromatic carbocycles. The number of piperidine rings is 1. The summed E-state index contributed by atoms with van der Waals surface area (Å²) in [5.41, 5.74) is 2.23. The number of hydrogen-bond donors (Lipinski definition) is 1. The van der Waals surface area contributed by atoms with Crippen LogP contribution in [0.3, 0.4) is 0 Å². The van der Waals surface area contributed by atoms with Crippen LogP contribution in [0.1, 0.15) is 33.6 Å². The van der Waals surface area contributed by atoms with Crippen LogP contribution < -0.4 is 10.2 Å². The Morgan fingerprint density at radius 3 is 2.89 bits per heavy atom. The molecule has 0 aliphatic carbocycles. The van der Waals surface area contributed by atoms with Crippen LogP contribution in [0, 0.1) is 5.82 Å². The predicted molar refractivity (Wildman–Crippen MR) is 146 cm³/mol. The van der Waals surface area contributed by atoms with E-state index in [1.165, 1.54) is 12.1 Å². The number of carbonyl (C=O) groups is 1. The Kier molecular flexibility index (Phi) is 6.65. The molecule has 1 aliphatic heterocycles. The summed E-state index contributed by atoms with van der Waals surface area (Å²) in [6, 6.07) is 12.5. The minimum atomic E-state index is -0.596. The van der Waals surface area contributed by atoms with Crippen molar-refractivity contribution in [3.05, 3.63) is 89.1 Å². The molecule has 1 saturated heterocycles. The molecule has 1 atom stereocenters. The van der Waals surface area contributed by atoms with Crippen molar-refractivity contribution < 1.29 is 9.18 Å². The zero-order valence-electron chi connectivity index (χ0n) is 20.8.